The molecular formula is C9H13N. The summed E-state index contributed by atoms with van der Waals surface area (Å²) < 4.78 is 0. The molecule has 1 nitrogen and oxygen atoms in total. The van der Waals surface area contributed by atoms with Crippen molar-refractivity contribution in [1.82, 2.24) is 4.90 Å². The summed E-state index contributed by atoms with van der Waals surface area (Å²) in [6, 6.07) is 0. The first-order valence-corrected chi connectivity index (χ1v) is 3.60. The molecule has 0 spiro atoms. The summed E-state index contributed by atoms with van der Waals surface area (Å²) in [5, 5.41) is 0. The Bertz CT molecular complexity index is 177. The molecule has 0 aromatic carbocycles. The number of rotatable bonds is 2. The van der Waals surface area contributed by atoms with Gasteiger partial charge in [-0.25, -0.2) is 0 Å². The molecule has 0 fully saturated rings. The van der Waals surface area contributed by atoms with Crippen molar-refractivity contribution in [3.05, 3.63) is 36.6 Å². The second kappa shape index (κ2) is 3.25. The maximum atomic E-state index is 3.72. The lowest BCUT2D eigenvalue weighted by Crippen LogP contribution is -2.20. The highest BCUT2D eigenvalue weighted by Gasteiger charge is 2.00. The summed E-state index contributed by atoms with van der Waals surface area (Å²) in [7, 11) is 0. The van der Waals surface area contributed by atoms with Crippen LogP contribution in [-0.2, 0) is 0 Å². The van der Waals surface area contributed by atoms with Gasteiger partial charge in [-0.15, -0.1) is 0 Å². The SMILES string of the molecule is C=CC1=CC=CN(CC)C1. The molecular weight excluding hydrogens is 122 g/mol. The monoisotopic (exact) mass is 135 g/mol. The van der Waals surface area contributed by atoms with Gasteiger partial charge in [0.25, 0.3) is 0 Å². The highest BCUT2D eigenvalue weighted by atomic mass is 15.1. The fourth-order valence-electron chi connectivity index (χ4n) is 0.978. The van der Waals surface area contributed by atoms with Gasteiger partial charge >= 0.3 is 0 Å². The summed E-state index contributed by atoms with van der Waals surface area (Å²) in [4.78, 5) is 2.25. The van der Waals surface area contributed by atoms with E-state index in [1.165, 1.54) is 5.57 Å². The van der Waals surface area contributed by atoms with Gasteiger partial charge in [-0.05, 0) is 24.8 Å². The van der Waals surface area contributed by atoms with Crippen molar-refractivity contribution in [2.75, 3.05) is 13.1 Å². The smallest absolute Gasteiger partial charge is 0.0423 e. The third-order valence-electron chi connectivity index (χ3n) is 1.66. The zero-order valence-electron chi connectivity index (χ0n) is 6.38. The molecule has 0 aromatic rings. The normalized spacial score (nSPS) is 16.9. The molecule has 54 valence electrons. The second-order valence-electron chi connectivity index (χ2n) is 2.35. The second-order valence-corrected chi connectivity index (χ2v) is 2.35. The van der Waals surface area contributed by atoms with Crippen molar-refractivity contribution in [1.29, 1.82) is 0 Å². The predicted molar refractivity (Wildman–Crippen MR) is 44.7 cm³/mol. The first-order valence-electron chi connectivity index (χ1n) is 3.60. The van der Waals surface area contributed by atoms with Crippen molar-refractivity contribution in [3.8, 4) is 0 Å². The third kappa shape index (κ3) is 1.50. The van der Waals surface area contributed by atoms with Gasteiger partial charge in [0.05, 0.1) is 0 Å². The molecule has 0 atom stereocenters. The Morgan fingerprint density at radius 2 is 2.60 bits per heavy atom. The molecule has 0 aliphatic carbocycles. The lowest BCUT2D eigenvalue weighted by molar-refractivity contribution is 0.428. The van der Waals surface area contributed by atoms with E-state index < -0.39 is 0 Å². The fraction of sp³-hybridized carbons (Fsp3) is 0.333. The van der Waals surface area contributed by atoms with Crippen LogP contribution in [0.1, 0.15) is 6.92 Å². The number of hydrogen-bond acceptors (Lipinski definition) is 1. The van der Waals surface area contributed by atoms with Gasteiger partial charge in [0.1, 0.15) is 0 Å². The Morgan fingerprint density at radius 1 is 1.80 bits per heavy atom. The van der Waals surface area contributed by atoms with Gasteiger partial charge in [0.2, 0.25) is 0 Å². The highest BCUT2D eigenvalue weighted by molar-refractivity contribution is 5.26. The molecule has 0 amide bonds. The summed E-state index contributed by atoms with van der Waals surface area (Å²) >= 11 is 0. The molecule has 1 heteroatoms. The van der Waals surface area contributed by atoms with E-state index in [0.717, 1.165) is 13.1 Å². The van der Waals surface area contributed by atoms with E-state index in [1.807, 2.05) is 6.08 Å². The standard InChI is InChI=1S/C9H13N/c1-3-9-6-5-7-10(4-2)8-9/h3,5-7H,1,4,8H2,2H3. The van der Waals surface area contributed by atoms with Crippen LogP contribution in [0.25, 0.3) is 0 Å². The number of allylic oxidation sites excluding steroid dienone is 2. The minimum atomic E-state index is 1.01. The Hall–Kier alpha value is -0.980. The van der Waals surface area contributed by atoms with E-state index in [0.29, 0.717) is 0 Å². The molecule has 0 bridgehead atoms. The number of nitrogens with zero attached hydrogens (tertiary/aromatic N) is 1. The summed E-state index contributed by atoms with van der Waals surface area (Å²) in [5.74, 6) is 0. The molecule has 0 unspecified atom stereocenters. The lowest BCUT2D eigenvalue weighted by Gasteiger charge is -2.21. The van der Waals surface area contributed by atoms with Crippen LogP contribution in [0.5, 0.6) is 0 Å². The summed E-state index contributed by atoms with van der Waals surface area (Å²) in [5.41, 5.74) is 1.30. The van der Waals surface area contributed by atoms with E-state index >= 15 is 0 Å². The molecule has 10 heavy (non-hydrogen) atoms. The van der Waals surface area contributed by atoms with Crippen molar-refractivity contribution < 1.29 is 0 Å². The summed E-state index contributed by atoms with van der Waals surface area (Å²) in [6.45, 7) is 7.95. The zero-order chi connectivity index (χ0) is 7.40. The van der Waals surface area contributed by atoms with Crippen LogP contribution in [0.4, 0.5) is 0 Å². The van der Waals surface area contributed by atoms with Crippen LogP contribution < -0.4 is 0 Å². The molecule has 0 saturated heterocycles. The molecule has 1 aliphatic rings. The molecule has 0 saturated carbocycles. The minimum absolute atomic E-state index is 1.01. The van der Waals surface area contributed by atoms with Crippen LogP contribution in [0.15, 0.2) is 36.6 Å². The van der Waals surface area contributed by atoms with Gasteiger partial charge in [-0.2, -0.15) is 0 Å². The van der Waals surface area contributed by atoms with Gasteiger partial charge in [0.15, 0.2) is 0 Å². The molecule has 1 aliphatic heterocycles. The van der Waals surface area contributed by atoms with Crippen LogP contribution in [-0.4, -0.2) is 18.0 Å². The van der Waals surface area contributed by atoms with E-state index in [9.17, 15) is 0 Å². The van der Waals surface area contributed by atoms with Crippen molar-refractivity contribution >= 4 is 0 Å². The maximum Gasteiger partial charge on any atom is 0.0423 e. The Morgan fingerprint density at radius 3 is 3.20 bits per heavy atom. The average Bonchev–Trinajstić information content (AvgIpc) is 2.05. The molecule has 0 N–H and O–H groups in total. The number of hydrogen-bond donors (Lipinski definition) is 0. The van der Waals surface area contributed by atoms with Gasteiger partial charge in [-0.1, -0.05) is 18.7 Å². The Labute approximate surface area is 62.3 Å². The highest BCUT2D eigenvalue weighted by Crippen LogP contribution is 2.06. The lowest BCUT2D eigenvalue weighted by atomic mass is 10.2. The van der Waals surface area contributed by atoms with Gasteiger partial charge < -0.3 is 4.90 Å². The van der Waals surface area contributed by atoms with Crippen LogP contribution in [0, 0.1) is 0 Å². The van der Waals surface area contributed by atoms with Crippen molar-refractivity contribution in [3.63, 3.8) is 0 Å². The first kappa shape index (κ1) is 7.13. The van der Waals surface area contributed by atoms with Crippen LogP contribution in [0.2, 0.25) is 0 Å². The van der Waals surface area contributed by atoms with E-state index in [4.69, 9.17) is 0 Å². The fourth-order valence-corrected chi connectivity index (χ4v) is 0.978. The topological polar surface area (TPSA) is 3.24 Å². The van der Waals surface area contributed by atoms with Crippen molar-refractivity contribution in [2.24, 2.45) is 0 Å². The maximum absolute atomic E-state index is 3.72. The van der Waals surface area contributed by atoms with Gasteiger partial charge in [-0.3, -0.25) is 0 Å². The molecule has 1 rings (SSSR count). The molecule has 1 heterocycles. The average molecular weight is 135 g/mol. The predicted octanol–water partition coefficient (Wildman–Crippen LogP) is 1.95. The van der Waals surface area contributed by atoms with Gasteiger partial charge in [0, 0.05) is 13.1 Å². The Kier molecular flexibility index (Phi) is 2.32. The Balaban J connectivity index is 2.58. The first-order chi connectivity index (χ1) is 4.86. The third-order valence-corrected chi connectivity index (χ3v) is 1.66. The van der Waals surface area contributed by atoms with Crippen molar-refractivity contribution in [2.45, 2.75) is 6.92 Å². The largest absolute Gasteiger partial charge is 0.373 e. The van der Waals surface area contributed by atoms with E-state index in [2.05, 4.69) is 36.8 Å². The van der Waals surface area contributed by atoms with E-state index in [-0.39, 0.29) is 0 Å². The quantitative estimate of drug-likeness (QED) is 0.559. The molecule has 0 aromatic heterocycles. The van der Waals surface area contributed by atoms with Crippen LogP contribution >= 0.6 is 0 Å². The molecule has 0 radical (unpaired) electrons. The zero-order valence-corrected chi connectivity index (χ0v) is 6.38. The number of likely N-dealkylation sites (N-methyl/N-ethyl adjacent to an activating group) is 1. The van der Waals surface area contributed by atoms with E-state index in [1.54, 1.807) is 0 Å². The van der Waals surface area contributed by atoms with Crippen LogP contribution in [0.3, 0.4) is 0 Å². The minimum Gasteiger partial charge on any atom is -0.373 e. The summed E-state index contributed by atoms with van der Waals surface area (Å²) in [6.07, 6.45) is 8.17.